The van der Waals surface area contributed by atoms with Crippen molar-refractivity contribution < 1.29 is 0 Å². The summed E-state index contributed by atoms with van der Waals surface area (Å²) in [5, 5.41) is 0. The lowest BCUT2D eigenvalue weighted by molar-refractivity contribution is 0.731. The lowest BCUT2D eigenvalue weighted by Crippen LogP contribution is -2.38. The smallest absolute Gasteiger partial charge is 0.0743 e. The van der Waals surface area contributed by atoms with Crippen molar-refractivity contribution in [3.63, 3.8) is 0 Å². The lowest BCUT2D eigenvalue weighted by Gasteiger charge is -2.47. The Morgan fingerprint density at radius 2 is 0.513 bits per heavy atom. The fourth-order valence-corrected chi connectivity index (χ4v) is 13.6. The standard InChI is InChI=1S/C75H81N3/c1-42-46(5)54(13)71(55(14)47(42)6)77(72-56(15)48(7)43(2)49(8)57(72)16)65-34-28-30-62(40-65)75(67-36-24-26-38-69(67)76(64-32-22-21-23-33-64)70-39-27-25-37-68(70)75)63-31-29-35-66(41-63)78(73-58(17)50(9)44(3)51(10)59(73)18)74-60(19)52(11)45(4)53(12)61(74)20/h21-41H,1-20H3. The molecule has 0 aromatic heterocycles. The van der Waals surface area contributed by atoms with Gasteiger partial charge in [0.2, 0.25) is 0 Å². The van der Waals surface area contributed by atoms with E-state index in [0.29, 0.717) is 0 Å². The molecule has 9 aromatic carbocycles. The van der Waals surface area contributed by atoms with E-state index in [2.05, 4.69) is 281 Å². The van der Waals surface area contributed by atoms with E-state index >= 15 is 0 Å². The van der Waals surface area contributed by atoms with Gasteiger partial charge in [0.05, 0.1) is 39.5 Å². The first-order valence-electron chi connectivity index (χ1n) is 28.2. The molecule has 0 fully saturated rings. The number of hydrogen-bond acceptors (Lipinski definition) is 3. The van der Waals surface area contributed by atoms with Gasteiger partial charge in [0, 0.05) is 17.1 Å². The van der Waals surface area contributed by atoms with Crippen LogP contribution >= 0.6 is 0 Å². The first-order chi connectivity index (χ1) is 37.1. The van der Waals surface area contributed by atoms with Crippen molar-refractivity contribution in [3.05, 3.63) is 261 Å². The minimum absolute atomic E-state index is 0.805. The number of para-hydroxylation sites is 3. The highest BCUT2D eigenvalue weighted by Gasteiger charge is 2.47. The van der Waals surface area contributed by atoms with Crippen LogP contribution in [0.25, 0.3) is 0 Å². The van der Waals surface area contributed by atoms with Gasteiger partial charge in [-0.1, -0.05) is 78.9 Å². The molecule has 3 heteroatoms. The Hall–Kier alpha value is -7.62. The van der Waals surface area contributed by atoms with Crippen molar-refractivity contribution in [1.29, 1.82) is 0 Å². The van der Waals surface area contributed by atoms with E-state index in [1.54, 1.807) is 0 Å². The van der Waals surface area contributed by atoms with E-state index in [-0.39, 0.29) is 0 Å². The van der Waals surface area contributed by atoms with Crippen LogP contribution in [-0.2, 0) is 5.41 Å². The van der Waals surface area contributed by atoms with Gasteiger partial charge < -0.3 is 14.7 Å². The molecule has 3 nitrogen and oxygen atoms in total. The molecule has 0 bridgehead atoms. The third kappa shape index (κ3) is 7.89. The fraction of sp³-hybridized carbons (Fsp3) is 0.280. The van der Waals surface area contributed by atoms with Crippen molar-refractivity contribution in [2.75, 3.05) is 14.7 Å². The molecule has 9 aromatic rings. The number of hydrogen-bond donors (Lipinski definition) is 0. The van der Waals surface area contributed by atoms with Crippen LogP contribution in [0.1, 0.15) is 134 Å². The van der Waals surface area contributed by atoms with Gasteiger partial charge in [-0.05, 0) is 321 Å². The zero-order valence-corrected chi connectivity index (χ0v) is 50.5. The molecule has 0 unspecified atom stereocenters. The van der Waals surface area contributed by atoms with E-state index in [9.17, 15) is 0 Å². The van der Waals surface area contributed by atoms with Crippen molar-refractivity contribution >= 4 is 51.2 Å². The van der Waals surface area contributed by atoms with Crippen LogP contribution in [0, 0.1) is 138 Å². The number of nitrogens with zero attached hydrogens (tertiary/aromatic N) is 3. The number of fused-ring (bicyclic) bond motifs is 2. The molecular weight excluding hydrogens is 943 g/mol. The molecule has 0 radical (unpaired) electrons. The summed E-state index contributed by atoms with van der Waals surface area (Å²) in [6.07, 6.45) is 0. The summed E-state index contributed by atoms with van der Waals surface area (Å²) in [7, 11) is 0. The molecule has 0 atom stereocenters. The third-order valence-corrected chi connectivity index (χ3v) is 19.9. The summed E-state index contributed by atoms with van der Waals surface area (Å²) in [4.78, 5) is 7.77. The zero-order chi connectivity index (χ0) is 56.1. The summed E-state index contributed by atoms with van der Waals surface area (Å²) in [6.45, 7) is 46.4. The maximum absolute atomic E-state index is 2.64. The highest BCUT2D eigenvalue weighted by atomic mass is 15.2. The third-order valence-electron chi connectivity index (χ3n) is 19.9. The molecule has 396 valence electrons. The van der Waals surface area contributed by atoms with E-state index in [0.717, 1.165) is 28.4 Å². The average Bonchev–Trinajstić information content (AvgIpc) is 2.54. The Kier molecular flexibility index (Phi) is 13.8. The molecule has 0 saturated heterocycles. The van der Waals surface area contributed by atoms with Crippen LogP contribution in [0.15, 0.2) is 127 Å². The number of anilines is 9. The Balaban J connectivity index is 1.37. The van der Waals surface area contributed by atoms with Gasteiger partial charge in [0.1, 0.15) is 0 Å². The van der Waals surface area contributed by atoms with Crippen molar-refractivity contribution in [2.24, 2.45) is 0 Å². The van der Waals surface area contributed by atoms with Crippen LogP contribution in [0.2, 0.25) is 0 Å². The van der Waals surface area contributed by atoms with Gasteiger partial charge in [0.15, 0.2) is 0 Å². The maximum atomic E-state index is 2.64. The van der Waals surface area contributed by atoms with Gasteiger partial charge in [-0.25, -0.2) is 0 Å². The summed E-state index contributed by atoms with van der Waals surface area (Å²) in [6, 6.07) is 48.6. The molecule has 0 N–H and O–H groups in total. The highest BCUT2D eigenvalue weighted by Crippen LogP contribution is 2.59. The molecule has 1 heterocycles. The molecule has 0 amide bonds. The lowest BCUT2D eigenvalue weighted by atomic mass is 9.62. The quantitative estimate of drug-likeness (QED) is 0.143. The maximum Gasteiger partial charge on any atom is 0.0743 e. The highest BCUT2D eigenvalue weighted by molar-refractivity contribution is 5.93. The summed E-state index contributed by atoms with van der Waals surface area (Å²) in [5.74, 6) is 0. The van der Waals surface area contributed by atoms with Gasteiger partial charge in [-0.3, -0.25) is 0 Å². The first-order valence-corrected chi connectivity index (χ1v) is 28.2. The van der Waals surface area contributed by atoms with E-state index in [1.165, 1.54) is 156 Å². The SMILES string of the molecule is Cc1c(C)c(C)c(N(c2cccc(C3(c4cccc(N(c5c(C)c(C)c(C)c(C)c5C)c5c(C)c(C)c(C)c(C)c5C)c4)c4ccccc4N(c4ccccc4)c4ccccc43)c2)c2c(C)c(C)c(C)c(C)c2C)c(C)c1C. The summed E-state index contributed by atoms with van der Waals surface area (Å²) >= 11 is 0. The first kappa shape index (κ1) is 53.8. The fourth-order valence-electron chi connectivity index (χ4n) is 13.6. The second-order valence-corrected chi connectivity index (χ2v) is 23.1. The number of benzene rings is 9. The van der Waals surface area contributed by atoms with Crippen LogP contribution in [0.3, 0.4) is 0 Å². The number of rotatable bonds is 9. The summed E-state index contributed by atoms with van der Waals surface area (Å²) < 4.78 is 0. The van der Waals surface area contributed by atoms with Gasteiger partial charge >= 0.3 is 0 Å². The van der Waals surface area contributed by atoms with Crippen LogP contribution in [-0.4, -0.2) is 0 Å². The van der Waals surface area contributed by atoms with Gasteiger partial charge in [-0.15, -0.1) is 0 Å². The molecule has 10 rings (SSSR count). The molecule has 1 aliphatic heterocycles. The molecule has 1 aliphatic rings. The Morgan fingerprint density at radius 1 is 0.256 bits per heavy atom. The zero-order valence-electron chi connectivity index (χ0n) is 50.5. The minimum Gasteiger partial charge on any atom is -0.310 e. The average molecular weight is 1020 g/mol. The Morgan fingerprint density at radius 3 is 0.808 bits per heavy atom. The second-order valence-electron chi connectivity index (χ2n) is 23.1. The molecular formula is C75H81N3. The van der Waals surface area contributed by atoms with Crippen LogP contribution in [0.4, 0.5) is 51.2 Å². The largest absolute Gasteiger partial charge is 0.310 e. The minimum atomic E-state index is -0.805. The van der Waals surface area contributed by atoms with E-state index < -0.39 is 5.41 Å². The topological polar surface area (TPSA) is 9.72 Å². The normalized spacial score (nSPS) is 12.7. The molecule has 78 heavy (non-hydrogen) atoms. The predicted octanol–water partition coefficient (Wildman–Crippen LogP) is 21.0. The second kappa shape index (κ2) is 20.0. The van der Waals surface area contributed by atoms with E-state index in [1.807, 2.05) is 0 Å². The Labute approximate surface area is 468 Å². The van der Waals surface area contributed by atoms with Crippen LogP contribution in [0.5, 0.6) is 0 Å². The van der Waals surface area contributed by atoms with Gasteiger partial charge in [-0.2, -0.15) is 0 Å². The Bertz CT molecular complexity index is 3430. The van der Waals surface area contributed by atoms with Crippen molar-refractivity contribution in [1.82, 2.24) is 0 Å². The summed E-state index contributed by atoms with van der Waals surface area (Å²) in [5.41, 5.74) is 41.5. The molecule has 0 aliphatic carbocycles. The van der Waals surface area contributed by atoms with E-state index in [4.69, 9.17) is 0 Å². The predicted molar refractivity (Wildman–Crippen MR) is 337 cm³/mol. The van der Waals surface area contributed by atoms with Gasteiger partial charge in [0.25, 0.3) is 0 Å². The van der Waals surface area contributed by atoms with Crippen molar-refractivity contribution in [3.8, 4) is 0 Å². The monoisotopic (exact) mass is 1020 g/mol. The molecule has 0 spiro atoms. The molecule has 0 saturated carbocycles. The van der Waals surface area contributed by atoms with Crippen LogP contribution < -0.4 is 14.7 Å². The van der Waals surface area contributed by atoms with Crippen molar-refractivity contribution in [2.45, 2.75) is 144 Å².